The first-order chi connectivity index (χ1) is 10.3. The molecular weight excluding hydrogens is 266 g/mol. The van der Waals surface area contributed by atoms with Crippen molar-refractivity contribution >= 4 is 5.91 Å². The predicted molar refractivity (Wildman–Crippen MR) is 80.5 cm³/mol. The Morgan fingerprint density at radius 2 is 1.90 bits per heavy atom. The van der Waals surface area contributed by atoms with Crippen molar-refractivity contribution in [2.75, 3.05) is 26.8 Å². The van der Waals surface area contributed by atoms with Crippen molar-refractivity contribution in [2.24, 2.45) is 0 Å². The molecule has 0 aliphatic carbocycles. The third-order valence-corrected chi connectivity index (χ3v) is 4.60. The number of ether oxygens (including phenoxy) is 2. The predicted octanol–water partition coefficient (Wildman–Crippen LogP) is 2.58. The van der Waals surface area contributed by atoms with Crippen molar-refractivity contribution in [1.29, 1.82) is 0 Å². The van der Waals surface area contributed by atoms with Crippen LogP contribution in [0.15, 0.2) is 24.3 Å². The smallest absolute Gasteiger partial charge is 0.251 e. The molecule has 2 saturated heterocycles. The van der Waals surface area contributed by atoms with E-state index in [1.54, 1.807) is 7.11 Å². The summed E-state index contributed by atoms with van der Waals surface area (Å²) in [4.78, 5) is 14.3. The second kappa shape index (κ2) is 6.48. The molecule has 4 heteroatoms. The first-order valence-corrected chi connectivity index (χ1v) is 7.82. The van der Waals surface area contributed by atoms with Gasteiger partial charge in [0.2, 0.25) is 0 Å². The molecule has 114 valence electrons. The van der Waals surface area contributed by atoms with Gasteiger partial charge in [0.1, 0.15) is 11.9 Å². The number of carbonyl (C=O) groups excluding carboxylic acids is 1. The van der Waals surface area contributed by atoms with Crippen LogP contribution in [0.5, 0.6) is 5.75 Å². The van der Waals surface area contributed by atoms with Gasteiger partial charge in [-0.15, -0.1) is 0 Å². The Morgan fingerprint density at radius 1 is 1.19 bits per heavy atom. The standard InChI is InChI=1S/C17H23NO3/c1-20-15-6-4-13(5-7-15)14-8-10-18(11-9-14)17(19)16-3-2-12-21-16/h4-7,14,16H,2-3,8-12H2,1H3/t16-/m0/s1. The van der Waals surface area contributed by atoms with Gasteiger partial charge in [0, 0.05) is 19.7 Å². The molecule has 1 atom stereocenters. The summed E-state index contributed by atoms with van der Waals surface area (Å²) in [7, 11) is 1.68. The van der Waals surface area contributed by atoms with Gasteiger partial charge < -0.3 is 14.4 Å². The molecule has 0 spiro atoms. The van der Waals surface area contributed by atoms with E-state index < -0.39 is 0 Å². The Kier molecular flexibility index (Phi) is 4.44. The Morgan fingerprint density at radius 3 is 2.48 bits per heavy atom. The van der Waals surface area contributed by atoms with E-state index in [1.807, 2.05) is 17.0 Å². The molecule has 2 aliphatic rings. The summed E-state index contributed by atoms with van der Waals surface area (Å²) >= 11 is 0. The van der Waals surface area contributed by atoms with E-state index in [4.69, 9.17) is 9.47 Å². The summed E-state index contributed by atoms with van der Waals surface area (Å²) in [5.74, 6) is 1.63. The van der Waals surface area contributed by atoms with Gasteiger partial charge in [0.05, 0.1) is 7.11 Å². The number of amides is 1. The molecular formula is C17H23NO3. The van der Waals surface area contributed by atoms with Gasteiger partial charge in [-0.3, -0.25) is 4.79 Å². The molecule has 2 fully saturated rings. The minimum absolute atomic E-state index is 0.178. The molecule has 0 aromatic heterocycles. The lowest BCUT2D eigenvalue weighted by Gasteiger charge is -2.33. The molecule has 2 heterocycles. The van der Waals surface area contributed by atoms with Crippen LogP contribution in [0.4, 0.5) is 0 Å². The van der Waals surface area contributed by atoms with Crippen molar-refractivity contribution in [3.63, 3.8) is 0 Å². The number of carbonyl (C=O) groups is 1. The van der Waals surface area contributed by atoms with Crippen LogP contribution in [0, 0.1) is 0 Å². The van der Waals surface area contributed by atoms with Crippen LogP contribution in [0.25, 0.3) is 0 Å². The number of methoxy groups -OCH3 is 1. The van der Waals surface area contributed by atoms with Gasteiger partial charge in [-0.2, -0.15) is 0 Å². The normalized spacial score (nSPS) is 23.3. The second-order valence-electron chi connectivity index (χ2n) is 5.87. The summed E-state index contributed by atoms with van der Waals surface area (Å²) in [5.41, 5.74) is 1.35. The zero-order valence-electron chi connectivity index (χ0n) is 12.6. The van der Waals surface area contributed by atoms with Crippen LogP contribution in [-0.2, 0) is 9.53 Å². The number of likely N-dealkylation sites (tertiary alicyclic amines) is 1. The molecule has 0 saturated carbocycles. The van der Waals surface area contributed by atoms with E-state index >= 15 is 0 Å². The van der Waals surface area contributed by atoms with Gasteiger partial charge in [0.25, 0.3) is 5.91 Å². The van der Waals surface area contributed by atoms with Gasteiger partial charge in [-0.25, -0.2) is 0 Å². The molecule has 0 bridgehead atoms. The Hall–Kier alpha value is -1.55. The van der Waals surface area contributed by atoms with E-state index in [0.29, 0.717) is 5.92 Å². The van der Waals surface area contributed by atoms with Gasteiger partial charge in [0.15, 0.2) is 0 Å². The monoisotopic (exact) mass is 289 g/mol. The van der Waals surface area contributed by atoms with E-state index in [1.165, 1.54) is 5.56 Å². The molecule has 2 aliphatic heterocycles. The van der Waals surface area contributed by atoms with Gasteiger partial charge in [-0.05, 0) is 49.3 Å². The Bertz CT molecular complexity index is 471. The maximum absolute atomic E-state index is 12.3. The zero-order chi connectivity index (χ0) is 14.7. The molecule has 21 heavy (non-hydrogen) atoms. The van der Waals surface area contributed by atoms with Crippen molar-refractivity contribution in [1.82, 2.24) is 4.90 Å². The fourth-order valence-corrected chi connectivity index (χ4v) is 3.29. The number of benzene rings is 1. The number of nitrogens with zero attached hydrogens (tertiary/aromatic N) is 1. The Balaban J connectivity index is 1.55. The van der Waals surface area contributed by atoms with Crippen LogP contribution in [0.2, 0.25) is 0 Å². The molecule has 3 rings (SSSR count). The summed E-state index contributed by atoms with van der Waals surface area (Å²) < 4.78 is 10.7. The van der Waals surface area contributed by atoms with Gasteiger partial charge in [-0.1, -0.05) is 12.1 Å². The minimum atomic E-state index is -0.178. The highest BCUT2D eigenvalue weighted by molar-refractivity contribution is 5.81. The van der Waals surface area contributed by atoms with Crippen LogP contribution in [0.1, 0.15) is 37.2 Å². The summed E-state index contributed by atoms with van der Waals surface area (Å²) in [5, 5.41) is 0. The third kappa shape index (κ3) is 3.21. The largest absolute Gasteiger partial charge is 0.497 e. The maximum Gasteiger partial charge on any atom is 0.251 e. The van der Waals surface area contributed by atoms with E-state index in [2.05, 4.69) is 12.1 Å². The molecule has 4 nitrogen and oxygen atoms in total. The third-order valence-electron chi connectivity index (χ3n) is 4.60. The topological polar surface area (TPSA) is 38.8 Å². The maximum atomic E-state index is 12.3. The van der Waals surface area contributed by atoms with E-state index in [9.17, 15) is 4.79 Å². The minimum Gasteiger partial charge on any atom is -0.497 e. The average Bonchev–Trinajstić information content (AvgIpc) is 3.09. The molecule has 0 radical (unpaired) electrons. The van der Waals surface area contributed by atoms with Crippen molar-refractivity contribution in [2.45, 2.75) is 37.7 Å². The lowest BCUT2D eigenvalue weighted by Crippen LogP contribution is -2.43. The first kappa shape index (κ1) is 14.4. The number of piperidine rings is 1. The summed E-state index contributed by atoms with van der Waals surface area (Å²) in [6.07, 6.45) is 3.79. The van der Waals surface area contributed by atoms with Crippen molar-refractivity contribution < 1.29 is 14.3 Å². The van der Waals surface area contributed by atoms with E-state index in [-0.39, 0.29) is 12.0 Å². The number of hydrogen-bond donors (Lipinski definition) is 0. The number of rotatable bonds is 3. The quantitative estimate of drug-likeness (QED) is 0.858. The second-order valence-corrected chi connectivity index (χ2v) is 5.87. The first-order valence-electron chi connectivity index (χ1n) is 7.82. The van der Waals surface area contributed by atoms with Crippen LogP contribution < -0.4 is 4.74 Å². The van der Waals surface area contributed by atoms with Gasteiger partial charge >= 0.3 is 0 Å². The molecule has 1 aromatic carbocycles. The summed E-state index contributed by atoms with van der Waals surface area (Å²) in [6, 6.07) is 8.31. The highest BCUT2D eigenvalue weighted by atomic mass is 16.5. The molecule has 1 aromatic rings. The fourth-order valence-electron chi connectivity index (χ4n) is 3.29. The molecule has 1 amide bonds. The van der Waals surface area contributed by atoms with Crippen molar-refractivity contribution in [3.05, 3.63) is 29.8 Å². The SMILES string of the molecule is COc1ccc(C2CCN(C(=O)[C@@H]3CCCO3)CC2)cc1. The summed E-state index contributed by atoms with van der Waals surface area (Å²) in [6.45, 7) is 2.42. The lowest BCUT2D eigenvalue weighted by molar-refractivity contribution is -0.142. The molecule has 0 unspecified atom stereocenters. The van der Waals surface area contributed by atoms with Crippen LogP contribution in [0.3, 0.4) is 0 Å². The fraction of sp³-hybridized carbons (Fsp3) is 0.588. The highest BCUT2D eigenvalue weighted by Gasteiger charge is 2.31. The highest BCUT2D eigenvalue weighted by Crippen LogP contribution is 2.30. The van der Waals surface area contributed by atoms with E-state index in [0.717, 1.165) is 51.1 Å². The zero-order valence-corrected chi connectivity index (χ0v) is 12.6. The number of hydrogen-bond acceptors (Lipinski definition) is 3. The van der Waals surface area contributed by atoms with Crippen molar-refractivity contribution in [3.8, 4) is 5.75 Å². The van der Waals surface area contributed by atoms with Crippen LogP contribution >= 0.6 is 0 Å². The van der Waals surface area contributed by atoms with Crippen LogP contribution in [-0.4, -0.2) is 43.7 Å². The molecule has 0 N–H and O–H groups in total. The Labute approximate surface area is 126 Å². The lowest BCUT2D eigenvalue weighted by atomic mass is 9.89. The average molecular weight is 289 g/mol.